The zero-order valence-electron chi connectivity index (χ0n) is 41.1. The van der Waals surface area contributed by atoms with Gasteiger partial charge in [0.2, 0.25) is 21.8 Å². The highest BCUT2D eigenvalue weighted by Crippen LogP contribution is 2.48. The van der Waals surface area contributed by atoms with E-state index in [0.717, 1.165) is 54.1 Å². The van der Waals surface area contributed by atoms with Crippen molar-refractivity contribution in [2.75, 3.05) is 51.7 Å². The van der Waals surface area contributed by atoms with Crippen molar-refractivity contribution in [1.82, 2.24) is 34.7 Å². The van der Waals surface area contributed by atoms with E-state index in [-0.39, 0.29) is 37.1 Å². The number of aryl methyl sites for hydroxylation is 1. The van der Waals surface area contributed by atoms with E-state index in [2.05, 4.69) is 41.0 Å². The average Bonchev–Trinajstić information content (AvgIpc) is 4.12. The quantitative estimate of drug-likeness (QED) is 0.126. The van der Waals surface area contributed by atoms with Crippen molar-refractivity contribution in [3.05, 3.63) is 76.8 Å². The second kappa shape index (κ2) is 19.9. The third-order valence-electron chi connectivity index (χ3n) is 15.0. The number of allylic oxidation sites excluding steroid dienone is 1. The summed E-state index contributed by atoms with van der Waals surface area (Å²) < 4.78 is 40.8. The number of amides is 4. The van der Waals surface area contributed by atoms with E-state index >= 15 is 4.79 Å². The summed E-state index contributed by atoms with van der Waals surface area (Å²) in [6.07, 6.45) is 7.91. The largest absolute Gasteiger partial charge is 0.496 e. The van der Waals surface area contributed by atoms with Gasteiger partial charge >= 0.3 is 0 Å². The van der Waals surface area contributed by atoms with Gasteiger partial charge in [0, 0.05) is 72.2 Å². The SMILES string of the molecule is CCN1CCN(C(=O)c2cccc(N[C@H]3CCCCC/C=C\[C@@H]4C[C@@]4(C(=O)NS(=O)(=O)C4(C)CC4)NC(=O)[C@@H]4C[C@@H](Oc5cc(-c6nc(C(C)C)cs6)nc6c(C)c(OC)ccc56)CN4C3=O)c2)CC1. The van der Waals surface area contributed by atoms with Crippen LogP contribution in [0.2, 0.25) is 0 Å². The molecule has 2 saturated heterocycles. The average molecular weight is 995 g/mol. The molecule has 9 rings (SSSR count). The van der Waals surface area contributed by atoms with Gasteiger partial charge in [0.15, 0.2) is 0 Å². The van der Waals surface area contributed by atoms with Gasteiger partial charge in [0.1, 0.15) is 45.9 Å². The molecule has 4 amide bonds. The molecule has 5 atom stereocenters. The molecular formula is C52H66N8O8S2. The first-order valence-electron chi connectivity index (χ1n) is 24.9. The van der Waals surface area contributed by atoms with Crippen molar-refractivity contribution in [3.63, 3.8) is 0 Å². The van der Waals surface area contributed by atoms with Crippen LogP contribution >= 0.6 is 11.3 Å². The van der Waals surface area contributed by atoms with Gasteiger partial charge in [-0.2, -0.15) is 0 Å². The molecule has 0 bridgehead atoms. The minimum absolute atomic E-state index is 0.0374. The fourth-order valence-corrected chi connectivity index (χ4v) is 12.2. The number of ether oxygens (including phenoxy) is 2. The maximum Gasteiger partial charge on any atom is 0.259 e. The minimum Gasteiger partial charge on any atom is -0.496 e. The van der Waals surface area contributed by atoms with Gasteiger partial charge < -0.3 is 34.8 Å². The first-order chi connectivity index (χ1) is 33.5. The number of rotatable bonds is 12. The number of piperazine rings is 1. The topological polar surface area (TPSA) is 192 Å². The van der Waals surface area contributed by atoms with E-state index < -0.39 is 56.2 Å². The fourth-order valence-electron chi connectivity index (χ4n) is 10.00. The fraction of sp³-hybridized carbons (Fsp3) is 0.538. The number of aromatic nitrogens is 2. The molecule has 3 N–H and O–H groups in total. The van der Waals surface area contributed by atoms with Gasteiger partial charge in [-0.05, 0) is 95.2 Å². The number of nitrogens with one attached hydrogen (secondary N) is 3. The number of benzene rings is 2. The number of hydrogen-bond donors (Lipinski definition) is 3. The van der Waals surface area contributed by atoms with Crippen LogP contribution in [0.4, 0.5) is 5.69 Å². The molecule has 5 heterocycles. The second-order valence-corrected chi connectivity index (χ2v) is 23.3. The van der Waals surface area contributed by atoms with Crippen molar-refractivity contribution < 1.29 is 37.1 Å². The van der Waals surface area contributed by atoms with Crippen LogP contribution < -0.4 is 24.8 Å². The maximum absolute atomic E-state index is 15.3. The smallest absolute Gasteiger partial charge is 0.259 e. The molecule has 16 nitrogen and oxygen atoms in total. The number of carbonyl (C=O) groups excluding carboxylic acids is 4. The van der Waals surface area contributed by atoms with E-state index in [4.69, 9.17) is 19.4 Å². The van der Waals surface area contributed by atoms with E-state index in [9.17, 15) is 22.8 Å². The van der Waals surface area contributed by atoms with E-state index in [1.807, 2.05) is 59.7 Å². The molecule has 2 aromatic carbocycles. The summed E-state index contributed by atoms with van der Waals surface area (Å²) in [5.41, 5.74) is 2.64. The molecule has 374 valence electrons. The summed E-state index contributed by atoms with van der Waals surface area (Å²) in [7, 11) is -2.41. The Morgan fingerprint density at radius 2 is 1.80 bits per heavy atom. The Labute approximate surface area is 415 Å². The lowest BCUT2D eigenvalue weighted by Crippen LogP contribution is -2.58. The first-order valence-corrected chi connectivity index (χ1v) is 27.2. The lowest BCUT2D eigenvalue weighted by Gasteiger charge is -2.34. The number of sulfonamides is 1. The van der Waals surface area contributed by atoms with Crippen LogP contribution in [-0.2, 0) is 24.4 Å². The number of likely N-dealkylation sites (N-methyl/N-ethyl adjacent to an activating group) is 1. The Hall–Kier alpha value is -5.59. The summed E-state index contributed by atoms with van der Waals surface area (Å²) in [6, 6.07) is 11.0. The van der Waals surface area contributed by atoms with E-state index in [0.29, 0.717) is 79.2 Å². The highest BCUT2D eigenvalue weighted by molar-refractivity contribution is 7.91. The zero-order chi connectivity index (χ0) is 49.5. The summed E-state index contributed by atoms with van der Waals surface area (Å²) in [4.78, 5) is 74.0. The number of hydrogen-bond acceptors (Lipinski definition) is 13. The Bertz CT molecular complexity index is 2800. The van der Waals surface area contributed by atoms with Crippen LogP contribution in [0.5, 0.6) is 11.5 Å². The van der Waals surface area contributed by atoms with Gasteiger partial charge in [0.25, 0.3) is 11.8 Å². The summed E-state index contributed by atoms with van der Waals surface area (Å²) >= 11 is 1.49. The summed E-state index contributed by atoms with van der Waals surface area (Å²) in [6.45, 7) is 13.7. The highest BCUT2D eigenvalue weighted by atomic mass is 32.2. The minimum atomic E-state index is -4.02. The Balaban J connectivity index is 1.05. The molecule has 0 spiro atoms. The van der Waals surface area contributed by atoms with E-state index in [1.54, 1.807) is 31.1 Å². The zero-order valence-corrected chi connectivity index (χ0v) is 42.7. The van der Waals surface area contributed by atoms with Crippen molar-refractivity contribution in [2.45, 2.75) is 127 Å². The Morgan fingerprint density at radius 1 is 1.01 bits per heavy atom. The Morgan fingerprint density at radius 3 is 2.51 bits per heavy atom. The van der Waals surface area contributed by atoms with Crippen LogP contribution in [0.3, 0.4) is 0 Å². The summed E-state index contributed by atoms with van der Waals surface area (Å²) in [5, 5.41) is 9.96. The molecule has 2 aromatic heterocycles. The number of pyridine rings is 1. The van der Waals surface area contributed by atoms with Crippen molar-refractivity contribution in [3.8, 4) is 22.2 Å². The molecule has 70 heavy (non-hydrogen) atoms. The van der Waals surface area contributed by atoms with Gasteiger partial charge in [-0.1, -0.05) is 51.8 Å². The predicted octanol–water partition coefficient (Wildman–Crippen LogP) is 6.80. The number of nitrogens with zero attached hydrogens (tertiary/aromatic N) is 5. The third-order valence-corrected chi connectivity index (χ3v) is 18.1. The molecular weight excluding hydrogens is 929 g/mol. The third kappa shape index (κ3) is 10.0. The number of fused-ring (bicyclic) bond motifs is 3. The van der Waals surface area contributed by atoms with Crippen LogP contribution in [-0.4, -0.2) is 132 Å². The standard InChI is InChI=1S/C52H66N8O8S2/c1-7-58-22-24-59(25-23-58)48(62)34-14-13-16-36(26-34)53-39-17-12-10-8-9-11-15-35-29-52(35,50(64)57-70(65,66)51(5)20-21-51)56-46(61)42-27-37(30-60(42)49(39)63)68-44-28-40(47-55-41(31-69-47)32(2)3)54-45-33(4)43(67-6)19-18-38(44)45/h11,13-16,18-19,26,28,31-32,35,37,39,42,53H,7-10,12,17,20-25,27,29-30H2,1-6H3,(H,56,61)(H,57,64)/b15-11-/t35-,37-,39+,42+,52-/m1/s1. The normalized spacial score (nSPS) is 25.5. The van der Waals surface area contributed by atoms with Crippen LogP contribution in [0.25, 0.3) is 21.6 Å². The van der Waals surface area contributed by atoms with Gasteiger partial charge in [0.05, 0.1) is 29.6 Å². The van der Waals surface area contributed by atoms with Crippen LogP contribution in [0.1, 0.15) is 113 Å². The predicted molar refractivity (Wildman–Crippen MR) is 271 cm³/mol. The number of methoxy groups -OCH3 is 1. The Kier molecular flexibility index (Phi) is 14.0. The number of carbonyl (C=O) groups is 4. The molecule has 4 fully saturated rings. The van der Waals surface area contributed by atoms with Crippen molar-refractivity contribution >= 4 is 61.6 Å². The molecule has 5 aliphatic rings. The van der Waals surface area contributed by atoms with Crippen LogP contribution in [0.15, 0.2) is 60.0 Å². The van der Waals surface area contributed by atoms with Crippen molar-refractivity contribution in [1.29, 1.82) is 0 Å². The second-order valence-electron chi connectivity index (χ2n) is 20.2. The molecule has 2 aliphatic carbocycles. The van der Waals surface area contributed by atoms with Crippen molar-refractivity contribution in [2.24, 2.45) is 5.92 Å². The molecule has 3 aliphatic heterocycles. The molecule has 2 saturated carbocycles. The maximum atomic E-state index is 15.3. The molecule has 18 heteroatoms. The highest BCUT2D eigenvalue weighted by Gasteiger charge is 2.63. The van der Waals surface area contributed by atoms with E-state index in [1.165, 1.54) is 11.3 Å². The molecule has 0 radical (unpaired) electrons. The number of anilines is 1. The van der Waals surface area contributed by atoms with Gasteiger partial charge in [-0.3, -0.25) is 23.9 Å². The summed E-state index contributed by atoms with van der Waals surface area (Å²) in [5.74, 6) is -0.808. The molecule has 4 aromatic rings. The molecule has 0 unspecified atom stereocenters. The monoisotopic (exact) mass is 994 g/mol. The van der Waals surface area contributed by atoms with Gasteiger partial charge in [-0.25, -0.2) is 18.4 Å². The lowest BCUT2D eigenvalue weighted by molar-refractivity contribution is -0.140. The first kappa shape index (κ1) is 49.4. The number of thiazole rings is 1. The van der Waals surface area contributed by atoms with Crippen LogP contribution in [0, 0.1) is 12.8 Å². The lowest BCUT2D eigenvalue weighted by atomic mass is 10.0. The van der Waals surface area contributed by atoms with Gasteiger partial charge in [-0.15, -0.1) is 11.3 Å².